The van der Waals surface area contributed by atoms with Crippen LogP contribution in [0.25, 0.3) is 22.0 Å². The number of piperazine rings is 1. The fourth-order valence-electron chi connectivity index (χ4n) is 4.51. The highest BCUT2D eigenvalue weighted by Gasteiger charge is 2.36. The molecule has 0 radical (unpaired) electrons. The van der Waals surface area contributed by atoms with Gasteiger partial charge in [0.1, 0.15) is 5.56 Å². The minimum Gasteiger partial charge on any atom is -0.478 e. The maximum Gasteiger partial charge on any atom is 0.416 e. The smallest absolute Gasteiger partial charge is 0.416 e. The number of benzene rings is 3. The third kappa shape index (κ3) is 7.34. The van der Waals surface area contributed by atoms with Gasteiger partial charge in [-0.15, -0.1) is 0 Å². The van der Waals surface area contributed by atoms with Gasteiger partial charge in [0.2, 0.25) is 5.95 Å². The zero-order chi connectivity index (χ0) is 30.5. The number of halogens is 6. The van der Waals surface area contributed by atoms with Crippen LogP contribution in [0.1, 0.15) is 27.0 Å². The van der Waals surface area contributed by atoms with E-state index in [0.29, 0.717) is 23.8 Å². The van der Waals surface area contributed by atoms with Crippen LogP contribution in [0.4, 0.5) is 32.3 Å². The lowest BCUT2D eigenvalue weighted by molar-refractivity contribution is -0.143. The highest BCUT2D eigenvalue weighted by Crippen LogP contribution is 2.36. The molecule has 1 aliphatic rings. The van der Waals surface area contributed by atoms with Crippen molar-refractivity contribution >= 4 is 22.7 Å². The summed E-state index contributed by atoms with van der Waals surface area (Å²) >= 11 is 0. The average Bonchev–Trinajstić information content (AvgIpc) is 2.96. The van der Waals surface area contributed by atoms with Crippen LogP contribution in [0.2, 0.25) is 0 Å². The number of carboxylic acids is 1. The molecule has 1 saturated heterocycles. The van der Waals surface area contributed by atoms with Crippen LogP contribution in [0.3, 0.4) is 0 Å². The number of nitrogens with one attached hydrogen (secondary N) is 2. The summed E-state index contributed by atoms with van der Waals surface area (Å²) < 4.78 is 74.3. The van der Waals surface area contributed by atoms with E-state index >= 15 is 0 Å². The highest BCUT2D eigenvalue weighted by molar-refractivity contribution is 6.02. The second-order valence-electron chi connectivity index (χ2n) is 9.45. The van der Waals surface area contributed by atoms with Crippen molar-refractivity contribution in [1.82, 2.24) is 20.6 Å². The van der Waals surface area contributed by atoms with Gasteiger partial charge in [0.15, 0.2) is 0 Å². The van der Waals surface area contributed by atoms with Crippen molar-refractivity contribution < 1.29 is 36.2 Å². The maximum absolute atomic E-state index is 12.4. The first kappa shape index (κ1) is 30.7. The molecule has 222 valence electrons. The minimum atomic E-state index is -4.79. The normalized spacial score (nSPS) is 13.9. The SMILES string of the molecule is CNCc1cc(C(F)(F)F)cc(C(F)(F)F)c1.O=C(O)c1cnc(N2CCNCC2)nc1-c1cccc2ccccc12. The van der Waals surface area contributed by atoms with E-state index in [4.69, 9.17) is 0 Å². The number of anilines is 1. The van der Waals surface area contributed by atoms with Crippen LogP contribution in [0.5, 0.6) is 0 Å². The quantitative estimate of drug-likeness (QED) is 0.251. The lowest BCUT2D eigenvalue weighted by Crippen LogP contribution is -2.44. The van der Waals surface area contributed by atoms with Crippen LogP contribution in [-0.2, 0) is 18.9 Å². The van der Waals surface area contributed by atoms with Gasteiger partial charge in [-0.3, -0.25) is 0 Å². The lowest BCUT2D eigenvalue weighted by atomic mass is 9.99. The highest BCUT2D eigenvalue weighted by atomic mass is 19.4. The minimum absolute atomic E-state index is 0.0605. The van der Waals surface area contributed by atoms with Gasteiger partial charge in [0.05, 0.1) is 16.8 Å². The van der Waals surface area contributed by atoms with Gasteiger partial charge in [-0.25, -0.2) is 14.8 Å². The van der Waals surface area contributed by atoms with E-state index in [1.165, 1.54) is 13.2 Å². The number of hydrogen-bond acceptors (Lipinski definition) is 6. The van der Waals surface area contributed by atoms with E-state index in [-0.39, 0.29) is 23.7 Å². The number of carbonyl (C=O) groups is 1. The Hall–Kier alpha value is -4.23. The van der Waals surface area contributed by atoms with E-state index in [0.717, 1.165) is 42.5 Å². The van der Waals surface area contributed by atoms with Crippen molar-refractivity contribution in [2.75, 3.05) is 38.1 Å². The predicted molar refractivity (Wildman–Crippen MR) is 146 cm³/mol. The van der Waals surface area contributed by atoms with Crippen molar-refractivity contribution in [3.8, 4) is 11.3 Å². The molecule has 42 heavy (non-hydrogen) atoms. The zero-order valence-corrected chi connectivity index (χ0v) is 22.4. The molecule has 0 bridgehead atoms. The number of fused-ring (bicyclic) bond motifs is 1. The summed E-state index contributed by atoms with van der Waals surface area (Å²) in [6, 6.07) is 15.3. The van der Waals surface area contributed by atoms with Crippen molar-refractivity contribution in [1.29, 1.82) is 0 Å². The van der Waals surface area contributed by atoms with Crippen molar-refractivity contribution in [3.05, 3.63) is 89.1 Å². The molecular formula is C29H27F6N5O2. The van der Waals surface area contributed by atoms with Gasteiger partial charge in [0.25, 0.3) is 0 Å². The number of aromatic nitrogens is 2. The number of hydrogen-bond donors (Lipinski definition) is 3. The first-order valence-corrected chi connectivity index (χ1v) is 12.9. The number of carboxylic acid groups (broad SMARTS) is 1. The fourth-order valence-corrected chi connectivity index (χ4v) is 4.51. The van der Waals surface area contributed by atoms with Crippen molar-refractivity contribution in [2.24, 2.45) is 0 Å². The number of rotatable bonds is 5. The fraction of sp³-hybridized carbons (Fsp3) is 0.276. The third-order valence-electron chi connectivity index (χ3n) is 6.48. The Bertz CT molecular complexity index is 1510. The zero-order valence-electron chi connectivity index (χ0n) is 22.4. The van der Waals surface area contributed by atoms with Crippen molar-refractivity contribution in [3.63, 3.8) is 0 Å². The summed E-state index contributed by atoms with van der Waals surface area (Å²) in [6.07, 6.45) is -8.16. The van der Waals surface area contributed by atoms with E-state index in [1.807, 2.05) is 42.5 Å². The van der Waals surface area contributed by atoms with Crippen LogP contribution in [0.15, 0.2) is 66.9 Å². The molecule has 3 aromatic carbocycles. The molecule has 0 aliphatic carbocycles. The van der Waals surface area contributed by atoms with Gasteiger partial charge < -0.3 is 20.6 Å². The van der Waals surface area contributed by atoms with Crippen LogP contribution < -0.4 is 15.5 Å². The molecular weight excluding hydrogens is 564 g/mol. The lowest BCUT2D eigenvalue weighted by Gasteiger charge is -2.27. The third-order valence-corrected chi connectivity index (χ3v) is 6.48. The standard InChI is InChI=1S/C19H18N4O2.C10H9F6N/c24-18(25)16-12-21-19(23-10-8-20-9-11-23)22-17(16)15-7-3-5-13-4-1-2-6-14(13)15;1-17-5-6-2-7(9(11,12)13)4-8(3-6)10(14,15)16/h1-7,12,20H,8-11H2,(H,24,25);2-4,17H,5H2,1H3. The Morgan fingerprint density at radius 3 is 2.17 bits per heavy atom. The largest absolute Gasteiger partial charge is 0.478 e. The Kier molecular flexibility index (Phi) is 9.32. The van der Waals surface area contributed by atoms with Crippen LogP contribution in [-0.4, -0.2) is 54.3 Å². The average molecular weight is 592 g/mol. The Balaban J connectivity index is 0.000000209. The maximum atomic E-state index is 12.4. The summed E-state index contributed by atoms with van der Waals surface area (Å²) in [5.74, 6) is -0.441. The second kappa shape index (κ2) is 12.7. The van der Waals surface area contributed by atoms with Gasteiger partial charge in [-0.2, -0.15) is 26.3 Å². The molecule has 13 heteroatoms. The molecule has 0 atom stereocenters. The number of nitrogens with zero attached hydrogens (tertiary/aromatic N) is 3. The van der Waals surface area contributed by atoms with E-state index in [1.54, 1.807) is 0 Å². The molecule has 7 nitrogen and oxygen atoms in total. The van der Waals surface area contributed by atoms with E-state index in [9.17, 15) is 36.2 Å². The molecule has 2 heterocycles. The van der Waals surface area contributed by atoms with E-state index in [2.05, 4.69) is 25.5 Å². The Morgan fingerprint density at radius 1 is 0.952 bits per heavy atom. The first-order chi connectivity index (χ1) is 19.9. The summed E-state index contributed by atoms with van der Waals surface area (Å²) in [5, 5.41) is 17.4. The summed E-state index contributed by atoms with van der Waals surface area (Å²) in [7, 11) is 1.44. The van der Waals surface area contributed by atoms with Crippen LogP contribution >= 0.6 is 0 Å². The predicted octanol–water partition coefficient (Wildman–Crippen LogP) is 5.85. The molecule has 4 aromatic rings. The van der Waals surface area contributed by atoms with Gasteiger partial charge in [-0.05, 0) is 41.6 Å². The van der Waals surface area contributed by atoms with Crippen molar-refractivity contribution in [2.45, 2.75) is 18.9 Å². The molecule has 0 spiro atoms. The molecule has 1 aromatic heterocycles. The molecule has 5 rings (SSSR count). The molecule has 0 saturated carbocycles. The Labute approximate surface area is 237 Å². The molecule has 0 amide bonds. The number of alkyl halides is 6. The summed E-state index contributed by atoms with van der Waals surface area (Å²) in [5.41, 5.74) is -1.25. The summed E-state index contributed by atoms with van der Waals surface area (Å²) in [4.78, 5) is 22.7. The van der Waals surface area contributed by atoms with E-state index < -0.39 is 29.4 Å². The number of aromatic carboxylic acids is 1. The first-order valence-electron chi connectivity index (χ1n) is 12.9. The van der Waals surface area contributed by atoms with Gasteiger partial charge >= 0.3 is 18.3 Å². The monoisotopic (exact) mass is 591 g/mol. The van der Waals surface area contributed by atoms with Gasteiger partial charge in [-0.1, -0.05) is 42.5 Å². The van der Waals surface area contributed by atoms with Crippen LogP contribution in [0, 0.1) is 0 Å². The molecule has 0 unspecified atom stereocenters. The topological polar surface area (TPSA) is 90.4 Å². The Morgan fingerprint density at radius 2 is 1.57 bits per heavy atom. The molecule has 1 aliphatic heterocycles. The van der Waals surface area contributed by atoms with Gasteiger partial charge in [0, 0.05) is 44.5 Å². The molecule has 3 N–H and O–H groups in total. The second-order valence-corrected chi connectivity index (χ2v) is 9.45. The molecule has 1 fully saturated rings. The summed E-state index contributed by atoms with van der Waals surface area (Å²) in [6.45, 7) is 3.29.